The first kappa shape index (κ1) is 28.7. The number of Topliss-reactive ketones (excluding diaryl/α,β-unsaturated/α-hetero) is 1. The van der Waals surface area contributed by atoms with E-state index in [4.69, 9.17) is 19.2 Å². The van der Waals surface area contributed by atoms with E-state index in [1.165, 1.54) is 16.2 Å². The molecular weight excluding hydrogens is 564 g/mol. The van der Waals surface area contributed by atoms with E-state index in [2.05, 4.69) is 13.8 Å². The number of carbonyl (C=O) groups excluding carboxylic acids is 2. The minimum absolute atomic E-state index is 0.00510. The van der Waals surface area contributed by atoms with Crippen LogP contribution in [0.4, 0.5) is 5.13 Å². The summed E-state index contributed by atoms with van der Waals surface area (Å²) >= 11 is 1.30. The summed E-state index contributed by atoms with van der Waals surface area (Å²) in [6.45, 7) is 9.22. The highest BCUT2D eigenvalue weighted by molar-refractivity contribution is 7.22. The highest BCUT2D eigenvalue weighted by Gasteiger charge is 2.48. The normalized spacial score (nSPS) is 19.2. The molecule has 2 aliphatic heterocycles. The van der Waals surface area contributed by atoms with Crippen LogP contribution in [-0.4, -0.2) is 41.1 Å². The third-order valence-electron chi connectivity index (χ3n) is 7.62. The van der Waals surface area contributed by atoms with E-state index < -0.39 is 17.7 Å². The van der Waals surface area contributed by atoms with Gasteiger partial charge in [0.05, 0.1) is 35.0 Å². The summed E-state index contributed by atoms with van der Waals surface area (Å²) < 4.78 is 18.3. The van der Waals surface area contributed by atoms with Crippen LogP contribution in [0.25, 0.3) is 16.0 Å². The Balaban J connectivity index is 1.47. The minimum atomic E-state index is -0.913. The molecule has 4 aromatic rings. The fourth-order valence-electron chi connectivity index (χ4n) is 5.51. The van der Waals surface area contributed by atoms with E-state index in [9.17, 15) is 14.7 Å². The van der Waals surface area contributed by atoms with Gasteiger partial charge in [0.15, 0.2) is 5.13 Å². The van der Waals surface area contributed by atoms with Gasteiger partial charge in [0.1, 0.15) is 29.1 Å². The Bertz CT molecular complexity index is 1740. The molecule has 222 valence electrons. The van der Waals surface area contributed by atoms with Crippen molar-refractivity contribution in [3.05, 3.63) is 82.9 Å². The maximum Gasteiger partial charge on any atom is 0.301 e. The standard InChI is InChI=1S/C34H34N2O6S/c1-5-40-25-10-11-26-28(18-25)43-34(35-26)36-30(21-7-6-8-24(17-21)41-14-13-19(2)3)29(32(38)33(36)39)31(37)22-9-12-27-23(16-22)15-20(4)42-27/h6-12,16-20,30,37H,5,13-15H2,1-4H3/b31-29+. The Kier molecular flexibility index (Phi) is 7.83. The van der Waals surface area contributed by atoms with Crippen LogP contribution >= 0.6 is 11.3 Å². The van der Waals surface area contributed by atoms with Crippen LogP contribution in [-0.2, 0) is 16.0 Å². The molecule has 0 spiro atoms. The summed E-state index contributed by atoms with van der Waals surface area (Å²) in [5.41, 5.74) is 2.72. The molecule has 8 nitrogen and oxygen atoms in total. The first-order valence-electron chi connectivity index (χ1n) is 14.6. The van der Waals surface area contributed by atoms with Crippen LogP contribution in [0.2, 0.25) is 0 Å². The molecule has 0 bridgehead atoms. The lowest BCUT2D eigenvalue weighted by Crippen LogP contribution is -2.29. The van der Waals surface area contributed by atoms with Crippen LogP contribution in [0, 0.1) is 5.92 Å². The lowest BCUT2D eigenvalue weighted by atomic mass is 9.94. The summed E-state index contributed by atoms with van der Waals surface area (Å²) in [6, 6.07) is 17.3. The number of ether oxygens (including phenoxy) is 3. The maximum atomic E-state index is 13.8. The molecule has 1 amide bonds. The van der Waals surface area contributed by atoms with Gasteiger partial charge in [-0.2, -0.15) is 0 Å². The van der Waals surface area contributed by atoms with Crippen LogP contribution in [0.5, 0.6) is 17.2 Å². The average molecular weight is 599 g/mol. The van der Waals surface area contributed by atoms with E-state index in [0.29, 0.717) is 58.8 Å². The number of aliphatic hydroxyl groups excluding tert-OH is 1. The average Bonchev–Trinajstić information content (AvgIpc) is 3.64. The second-order valence-electron chi connectivity index (χ2n) is 11.3. The number of amides is 1. The molecule has 1 saturated heterocycles. The summed E-state index contributed by atoms with van der Waals surface area (Å²) in [5.74, 6) is 0.807. The minimum Gasteiger partial charge on any atom is -0.507 e. The second-order valence-corrected chi connectivity index (χ2v) is 12.3. The van der Waals surface area contributed by atoms with Gasteiger partial charge in [-0.15, -0.1) is 0 Å². The van der Waals surface area contributed by atoms with Crippen molar-refractivity contribution in [2.24, 2.45) is 5.92 Å². The molecule has 1 fully saturated rings. The number of aliphatic hydroxyl groups is 1. The molecular formula is C34H34N2O6S. The van der Waals surface area contributed by atoms with Crippen molar-refractivity contribution in [1.29, 1.82) is 0 Å². The third kappa shape index (κ3) is 5.57. The highest BCUT2D eigenvalue weighted by atomic mass is 32.1. The Morgan fingerprint density at radius 2 is 1.91 bits per heavy atom. The number of fused-ring (bicyclic) bond motifs is 2. The van der Waals surface area contributed by atoms with E-state index in [0.717, 1.165) is 22.4 Å². The summed E-state index contributed by atoms with van der Waals surface area (Å²) in [6.07, 6.45) is 1.61. The molecule has 6 rings (SSSR count). The second kappa shape index (κ2) is 11.7. The molecule has 2 atom stereocenters. The Hall–Kier alpha value is -4.37. The Morgan fingerprint density at radius 3 is 2.70 bits per heavy atom. The van der Waals surface area contributed by atoms with Crippen molar-refractivity contribution in [2.45, 2.75) is 52.7 Å². The molecule has 1 aromatic heterocycles. The zero-order valence-corrected chi connectivity index (χ0v) is 25.4. The van der Waals surface area contributed by atoms with Gasteiger partial charge in [0, 0.05) is 12.0 Å². The van der Waals surface area contributed by atoms with E-state index >= 15 is 0 Å². The van der Waals surface area contributed by atoms with Crippen molar-refractivity contribution < 1.29 is 28.9 Å². The lowest BCUT2D eigenvalue weighted by molar-refractivity contribution is -0.132. The number of thiazole rings is 1. The summed E-state index contributed by atoms with van der Waals surface area (Å²) in [5, 5.41) is 12.0. The zero-order chi connectivity index (χ0) is 30.2. The van der Waals surface area contributed by atoms with Gasteiger partial charge in [-0.1, -0.05) is 37.3 Å². The topological polar surface area (TPSA) is 98.2 Å². The van der Waals surface area contributed by atoms with Crippen LogP contribution < -0.4 is 19.1 Å². The molecule has 0 radical (unpaired) electrons. The number of benzene rings is 3. The van der Waals surface area contributed by atoms with E-state index in [1.807, 2.05) is 62.4 Å². The molecule has 2 unspecified atom stereocenters. The molecule has 43 heavy (non-hydrogen) atoms. The number of aromatic nitrogens is 1. The largest absolute Gasteiger partial charge is 0.507 e. The van der Waals surface area contributed by atoms with Gasteiger partial charge in [-0.3, -0.25) is 14.5 Å². The Morgan fingerprint density at radius 1 is 1.09 bits per heavy atom. The smallest absolute Gasteiger partial charge is 0.301 e. The molecule has 3 heterocycles. The number of nitrogens with zero attached hydrogens (tertiary/aromatic N) is 2. The van der Waals surface area contributed by atoms with Gasteiger partial charge >= 0.3 is 5.91 Å². The van der Waals surface area contributed by atoms with Crippen LogP contribution in [0.3, 0.4) is 0 Å². The molecule has 0 aliphatic carbocycles. The summed E-state index contributed by atoms with van der Waals surface area (Å²) in [7, 11) is 0. The third-order valence-corrected chi connectivity index (χ3v) is 8.63. The van der Waals surface area contributed by atoms with Gasteiger partial charge < -0.3 is 19.3 Å². The zero-order valence-electron chi connectivity index (χ0n) is 24.6. The van der Waals surface area contributed by atoms with Gasteiger partial charge in [0.2, 0.25) is 0 Å². The predicted molar refractivity (Wildman–Crippen MR) is 167 cm³/mol. The van der Waals surface area contributed by atoms with Crippen molar-refractivity contribution in [1.82, 2.24) is 4.98 Å². The van der Waals surface area contributed by atoms with Gasteiger partial charge in [-0.05, 0) is 85.8 Å². The van der Waals surface area contributed by atoms with Crippen molar-refractivity contribution in [3.8, 4) is 17.2 Å². The monoisotopic (exact) mass is 598 g/mol. The number of hydrogen-bond acceptors (Lipinski definition) is 8. The SMILES string of the molecule is CCOc1ccc2nc(N3C(=O)C(=O)/C(=C(/O)c4ccc5c(c4)CC(C)O5)C3c3cccc(OCCC(C)C)c3)sc2c1. The van der Waals surface area contributed by atoms with E-state index in [1.54, 1.807) is 12.1 Å². The lowest BCUT2D eigenvalue weighted by Gasteiger charge is -2.23. The van der Waals surface area contributed by atoms with Crippen molar-refractivity contribution in [2.75, 3.05) is 18.1 Å². The van der Waals surface area contributed by atoms with Gasteiger partial charge in [-0.25, -0.2) is 4.98 Å². The predicted octanol–water partition coefficient (Wildman–Crippen LogP) is 7.07. The first-order valence-corrected chi connectivity index (χ1v) is 15.4. The molecule has 1 N–H and O–H groups in total. The fraction of sp³-hybridized carbons (Fsp3) is 0.324. The number of rotatable bonds is 9. The fourth-order valence-corrected chi connectivity index (χ4v) is 6.53. The van der Waals surface area contributed by atoms with Gasteiger partial charge in [0.25, 0.3) is 5.78 Å². The van der Waals surface area contributed by atoms with E-state index in [-0.39, 0.29) is 17.4 Å². The molecule has 0 saturated carbocycles. The summed E-state index contributed by atoms with van der Waals surface area (Å²) in [4.78, 5) is 33.6. The van der Waals surface area contributed by atoms with Crippen molar-refractivity contribution >= 4 is 44.1 Å². The maximum absolute atomic E-state index is 13.8. The molecule has 9 heteroatoms. The van der Waals surface area contributed by atoms with Crippen LogP contribution in [0.15, 0.2) is 66.2 Å². The van der Waals surface area contributed by atoms with Crippen molar-refractivity contribution in [3.63, 3.8) is 0 Å². The molecule has 2 aliphatic rings. The van der Waals surface area contributed by atoms with Crippen LogP contribution in [0.1, 0.15) is 56.8 Å². The first-order chi connectivity index (χ1) is 20.7. The quantitative estimate of drug-likeness (QED) is 0.125. The molecule has 3 aromatic carbocycles. The number of ketones is 1. The number of carbonyl (C=O) groups is 2. The number of anilines is 1. The number of hydrogen-bond donors (Lipinski definition) is 1. The Labute approximate surface area is 254 Å². The highest BCUT2D eigenvalue weighted by Crippen LogP contribution is 2.45.